The number of anilines is 1. The number of amides is 2. The molecule has 3 rings (SSSR count). The number of piperazine rings is 1. The van der Waals surface area contributed by atoms with E-state index in [2.05, 4.69) is 27.2 Å². The molecule has 8 heteroatoms. The van der Waals surface area contributed by atoms with Gasteiger partial charge in [-0.05, 0) is 13.5 Å². The molecule has 130 valence electrons. The zero-order valence-electron chi connectivity index (χ0n) is 14.7. The summed E-state index contributed by atoms with van der Waals surface area (Å²) in [6.45, 7) is 7.19. The number of imidazole rings is 1. The van der Waals surface area contributed by atoms with E-state index < -0.39 is 0 Å². The molecule has 1 aliphatic heterocycles. The minimum atomic E-state index is -0.108. The number of carbonyl (C=O) groups excluding carboxylic acids is 1. The quantitative estimate of drug-likeness (QED) is 0.922. The molecule has 24 heavy (non-hydrogen) atoms. The van der Waals surface area contributed by atoms with Crippen LogP contribution < -0.4 is 5.32 Å². The number of nitrogens with one attached hydrogen (secondary N) is 1. The van der Waals surface area contributed by atoms with E-state index in [0.29, 0.717) is 18.9 Å². The van der Waals surface area contributed by atoms with Gasteiger partial charge in [-0.15, -0.1) is 0 Å². The van der Waals surface area contributed by atoms with Gasteiger partial charge in [0.05, 0.1) is 6.04 Å². The van der Waals surface area contributed by atoms with Gasteiger partial charge in [-0.1, -0.05) is 6.92 Å². The van der Waals surface area contributed by atoms with Crippen LogP contribution in [0.5, 0.6) is 0 Å². The first-order valence-electron chi connectivity index (χ1n) is 8.27. The lowest BCUT2D eigenvalue weighted by atomic mass is 10.1. The highest BCUT2D eigenvalue weighted by molar-refractivity contribution is 5.88. The maximum absolute atomic E-state index is 12.6. The first-order valence-corrected chi connectivity index (χ1v) is 8.27. The van der Waals surface area contributed by atoms with Crippen LogP contribution >= 0.6 is 0 Å². The van der Waals surface area contributed by atoms with E-state index >= 15 is 0 Å². The summed E-state index contributed by atoms with van der Waals surface area (Å²) in [5.74, 6) is 1.58. The minimum Gasteiger partial charge on any atom is -0.337 e. The third-order valence-corrected chi connectivity index (χ3v) is 4.69. The number of likely N-dealkylation sites (N-methyl/N-ethyl adjacent to an activating group) is 1. The van der Waals surface area contributed by atoms with E-state index in [1.54, 1.807) is 10.9 Å². The van der Waals surface area contributed by atoms with Gasteiger partial charge in [0, 0.05) is 57.9 Å². The highest BCUT2D eigenvalue weighted by Crippen LogP contribution is 2.24. The van der Waals surface area contributed by atoms with Crippen LogP contribution in [-0.4, -0.2) is 61.3 Å². The molecule has 2 amide bonds. The first-order chi connectivity index (χ1) is 11.5. The summed E-state index contributed by atoms with van der Waals surface area (Å²) in [5, 5.41) is 7.19. The van der Waals surface area contributed by atoms with Crippen molar-refractivity contribution < 1.29 is 4.79 Å². The molecule has 0 aromatic carbocycles. The monoisotopic (exact) mass is 331 g/mol. The molecule has 1 fully saturated rings. The van der Waals surface area contributed by atoms with Gasteiger partial charge in [0.25, 0.3) is 0 Å². The number of hydrogen-bond donors (Lipinski definition) is 1. The van der Waals surface area contributed by atoms with Crippen LogP contribution in [0.15, 0.2) is 18.5 Å². The molecule has 3 heterocycles. The van der Waals surface area contributed by atoms with Crippen LogP contribution in [0.25, 0.3) is 0 Å². The molecule has 0 saturated carbocycles. The van der Waals surface area contributed by atoms with Gasteiger partial charge >= 0.3 is 6.03 Å². The summed E-state index contributed by atoms with van der Waals surface area (Å²) in [6.07, 6.45) is 3.75. The van der Waals surface area contributed by atoms with Crippen LogP contribution in [0.4, 0.5) is 10.6 Å². The average molecular weight is 331 g/mol. The molecular weight excluding hydrogens is 306 g/mol. The van der Waals surface area contributed by atoms with E-state index in [4.69, 9.17) is 0 Å². The van der Waals surface area contributed by atoms with Crippen molar-refractivity contribution >= 4 is 11.8 Å². The average Bonchev–Trinajstić information content (AvgIpc) is 3.12. The summed E-state index contributed by atoms with van der Waals surface area (Å²) < 4.78 is 3.78. The molecule has 1 aliphatic rings. The van der Waals surface area contributed by atoms with Crippen LogP contribution in [0.2, 0.25) is 0 Å². The van der Waals surface area contributed by atoms with Crippen molar-refractivity contribution in [2.45, 2.75) is 19.9 Å². The number of aromatic nitrogens is 4. The molecule has 0 bridgehead atoms. The molecule has 0 radical (unpaired) electrons. The summed E-state index contributed by atoms with van der Waals surface area (Å²) in [5.41, 5.74) is 1.01. The Kier molecular flexibility index (Phi) is 4.57. The van der Waals surface area contributed by atoms with Gasteiger partial charge in [0.2, 0.25) is 0 Å². The Labute approximate surface area is 142 Å². The standard InChI is InChI=1S/C16H25N7O/c1-5-22-8-9-23(11-13(22)15-17-6-7-20(15)3)16(24)18-14-10-12(2)21(4)19-14/h6-7,10,13H,5,8-9,11H2,1-4H3,(H,18,19,24)/t13-/m0/s1. The maximum atomic E-state index is 12.6. The van der Waals surface area contributed by atoms with E-state index in [1.807, 2.05) is 42.7 Å². The van der Waals surface area contributed by atoms with Crippen LogP contribution in [0, 0.1) is 6.92 Å². The predicted octanol–water partition coefficient (Wildman–Crippen LogP) is 1.37. The Morgan fingerprint density at radius 2 is 2.17 bits per heavy atom. The molecule has 1 N–H and O–H groups in total. The van der Waals surface area contributed by atoms with Gasteiger partial charge in [0.15, 0.2) is 5.82 Å². The fourth-order valence-electron chi connectivity index (χ4n) is 3.14. The van der Waals surface area contributed by atoms with Crippen LogP contribution in [-0.2, 0) is 14.1 Å². The van der Waals surface area contributed by atoms with Crippen molar-refractivity contribution in [3.63, 3.8) is 0 Å². The van der Waals surface area contributed by atoms with E-state index in [1.165, 1.54) is 0 Å². The third kappa shape index (κ3) is 3.14. The topological polar surface area (TPSA) is 71.2 Å². The van der Waals surface area contributed by atoms with Gasteiger partial charge < -0.3 is 9.47 Å². The summed E-state index contributed by atoms with van der Waals surface area (Å²) >= 11 is 0. The molecule has 0 spiro atoms. The normalized spacial score (nSPS) is 18.8. The van der Waals surface area contributed by atoms with E-state index in [0.717, 1.165) is 24.6 Å². The predicted molar refractivity (Wildman–Crippen MR) is 91.7 cm³/mol. The van der Waals surface area contributed by atoms with Gasteiger partial charge in [0.1, 0.15) is 5.82 Å². The third-order valence-electron chi connectivity index (χ3n) is 4.69. The van der Waals surface area contributed by atoms with Crippen molar-refractivity contribution in [1.82, 2.24) is 29.1 Å². The first kappa shape index (κ1) is 16.5. The Bertz CT molecular complexity index is 700. The number of urea groups is 1. The fourth-order valence-corrected chi connectivity index (χ4v) is 3.14. The molecule has 2 aromatic rings. The van der Waals surface area contributed by atoms with Crippen molar-refractivity contribution in [3.8, 4) is 0 Å². The zero-order valence-corrected chi connectivity index (χ0v) is 14.7. The Hall–Kier alpha value is -2.35. The molecule has 0 aliphatic carbocycles. The zero-order chi connectivity index (χ0) is 17.3. The van der Waals surface area contributed by atoms with Crippen LogP contribution in [0.1, 0.15) is 24.5 Å². The second kappa shape index (κ2) is 6.64. The lowest BCUT2D eigenvalue weighted by molar-refractivity contribution is 0.0926. The number of rotatable bonds is 3. The van der Waals surface area contributed by atoms with Gasteiger partial charge in [-0.2, -0.15) is 5.10 Å². The second-order valence-electron chi connectivity index (χ2n) is 6.21. The molecule has 1 atom stereocenters. The van der Waals surface area contributed by atoms with Gasteiger partial charge in [-0.3, -0.25) is 14.9 Å². The minimum absolute atomic E-state index is 0.108. The summed E-state index contributed by atoms with van der Waals surface area (Å²) in [4.78, 5) is 21.3. The molecule has 1 saturated heterocycles. The van der Waals surface area contributed by atoms with Crippen LogP contribution in [0.3, 0.4) is 0 Å². The highest BCUT2D eigenvalue weighted by atomic mass is 16.2. The van der Waals surface area contributed by atoms with Crippen molar-refractivity contribution in [1.29, 1.82) is 0 Å². The Morgan fingerprint density at radius 3 is 2.75 bits per heavy atom. The van der Waals surface area contributed by atoms with Gasteiger partial charge in [-0.25, -0.2) is 9.78 Å². The molecular formula is C16H25N7O. The lowest BCUT2D eigenvalue weighted by Gasteiger charge is -2.40. The molecule has 8 nitrogen and oxygen atoms in total. The largest absolute Gasteiger partial charge is 0.337 e. The van der Waals surface area contributed by atoms with Crippen molar-refractivity contribution in [2.75, 3.05) is 31.5 Å². The van der Waals surface area contributed by atoms with Crippen molar-refractivity contribution in [2.24, 2.45) is 14.1 Å². The number of nitrogens with zero attached hydrogens (tertiary/aromatic N) is 6. The fraction of sp³-hybridized carbons (Fsp3) is 0.562. The number of hydrogen-bond acceptors (Lipinski definition) is 4. The summed E-state index contributed by atoms with van der Waals surface area (Å²) in [6, 6.07) is 1.87. The number of carbonyl (C=O) groups is 1. The second-order valence-corrected chi connectivity index (χ2v) is 6.21. The summed E-state index contributed by atoms with van der Waals surface area (Å²) in [7, 11) is 3.86. The lowest BCUT2D eigenvalue weighted by Crippen LogP contribution is -2.52. The Balaban J connectivity index is 1.72. The smallest absolute Gasteiger partial charge is 0.323 e. The molecule has 0 unspecified atom stereocenters. The Morgan fingerprint density at radius 1 is 1.38 bits per heavy atom. The maximum Gasteiger partial charge on any atom is 0.323 e. The van der Waals surface area contributed by atoms with Crippen molar-refractivity contribution in [3.05, 3.63) is 30.0 Å². The van der Waals surface area contributed by atoms with E-state index in [-0.39, 0.29) is 12.1 Å². The SMILES string of the molecule is CCN1CCN(C(=O)Nc2cc(C)n(C)n2)C[C@H]1c1nccn1C. The van der Waals surface area contributed by atoms with E-state index in [9.17, 15) is 4.79 Å². The highest BCUT2D eigenvalue weighted by Gasteiger charge is 2.32. The molecule has 2 aromatic heterocycles. The number of aryl methyl sites for hydroxylation is 3.